The van der Waals surface area contributed by atoms with Gasteiger partial charge in [-0.05, 0) is 28.7 Å². The number of nitrogens with one attached hydrogen (secondary N) is 1. The lowest BCUT2D eigenvalue weighted by Gasteiger charge is -2.19. The molecule has 1 atom stereocenters. The van der Waals surface area contributed by atoms with Crippen LogP contribution < -0.4 is 15.8 Å². The van der Waals surface area contributed by atoms with Crippen LogP contribution in [0.25, 0.3) is 0 Å². The van der Waals surface area contributed by atoms with Crippen LogP contribution in [0.5, 0.6) is 5.75 Å². The molecule has 24 heavy (non-hydrogen) atoms. The maximum atomic E-state index is 11.9. The lowest BCUT2D eigenvalue weighted by atomic mass is 9.87. The molecule has 0 aromatic heterocycles. The fourth-order valence-corrected chi connectivity index (χ4v) is 2.29. The fourth-order valence-electron chi connectivity index (χ4n) is 2.29. The van der Waals surface area contributed by atoms with E-state index >= 15 is 0 Å². The Labute approximate surface area is 144 Å². The van der Waals surface area contributed by atoms with Gasteiger partial charge in [-0.1, -0.05) is 63.2 Å². The number of ether oxygens (including phenoxy) is 1. The zero-order chi connectivity index (χ0) is 17.6. The first kappa shape index (κ1) is 18.0. The van der Waals surface area contributed by atoms with Crippen LogP contribution in [0.15, 0.2) is 54.6 Å². The van der Waals surface area contributed by atoms with E-state index in [1.54, 1.807) is 0 Å². The Morgan fingerprint density at radius 3 is 2.29 bits per heavy atom. The standard InChI is InChI=1S/C20H26N2O2/c1-20(2,3)16-9-11-17(12-10-16)24-14-19(23)22-13-18(21)15-7-5-4-6-8-15/h4-12,18H,13-14,21H2,1-3H3,(H,22,23). The molecule has 2 rings (SSSR count). The second-order valence-electron chi connectivity index (χ2n) is 6.88. The third kappa shape index (κ3) is 5.39. The van der Waals surface area contributed by atoms with E-state index in [4.69, 9.17) is 10.5 Å². The molecule has 1 amide bonds. The molecule has 0 heterocycles. The third-order valence-corrected chi connectivity index (χ3v) is 3.84. The topological polar surface area (TPSA) is 64.3 Å². The lowest BCUT2D eigenvalue weighted by molar-refractivity contribution is -0.123. The Kier molecular flexibility index (Phi) is 5.99. The zero-order valence-corrected chi connectivity index (χ0v) is 14.6. The summed E-state index contributed by atoms with van der Waals surface area (Å²) in [7, 11) is 0. The van der Waals surface area contributed by atoms with E-state index in [1.807, 2.05) is 54.6 Å². The van der Waals surface area contributed by atoms with Gasteiger partial charge in [-0.2, -0.15) is 0 Å². The van der Waals surface area contributed by atoms with Crippen molar-refractivity contribution in [3.8, 4) is 5.75 Å². The molecule has 0 saturated carbocycles. The van der Waals surface area contributed by atoms with Crippen LogP contribution in [0.4, 0.5) is 0 Å². The highest BCUT2D eigenvalue weighted by Crippen LogP contribution is 2.24. The van der Waals surface area contributed by atoms with Crippen LogP contribution in [0.1, 0.15) is 37.9 Å². The Bertz CT molecular complexity index is 646. The number of rotatable bonds is 6. The van der Waals surface area contributed by atoms with Crippen molar-refractivity contribution in [1.29, 1.82) is 0 Å². The summed E-state index contributed by atoms with van der Waals surface area (Å²) in [5.74, 6) is 0.506. The highest BCUT2D eigenvalue weighted by molar-refractivity contribution is 5.77. The first-order valence-electron chi connectivity index (χ1n) is 8.17. The molecule has 128 valence electrons. The van der Waals surface area contributed by atoms with Crippen LogP contribution in [-0.2, 0) is 10.2 Å². The maximum absolute atomic E-state index is 11.9. The van der Waals surface area contributed by atoms with E-state index in [-0.39, 0.29) is 24.0 Å². The van der Waals surface area contributed by atoms with Crippen molar-refractivity contribution in [3.05, 3.63) is 65.7 Å². The van der Waals surface area contributed by atoms with Crippen LogP contribution >= 0.6 is 0 Å². The minimum atomic E-state index is -0.221. The molecule has 0 saturated heterocycles. The third-order valence-electron chi connectivity index (χ3n) is 3.84. The number of carbonyl (C=O) groups excluding carboxylic acids is 1. The summed E-state index contributed by atoms with van der Waals surface area (Å²) in [5, 5.41) is 2.80. The Morgan fingerprint density at radius 2 is 1.71 bits per heavy atom. The van der Waals surface area contributed by atoms with Gasteiger partial charge in [0, 0.05) is 12.6 Å². The molecule has 0 fully saturated rings. The van der Waals surface area contributed by atoms with E-state index in [1.165, 1.54) is 5.56 Å². The van der Waals surface area contributed by atoms with Gasteiger partial charge in [0.05, 0.1) is 0 Å². The maximum Gasteiger partial charge on any atom is 0.258 e. The van der Waals surface area contributed by atoms with Crippen LogP contribution in [0.2, 0.25) is 0 Å². The smallest absolute Gasteiger partial charge is 0.258 e. The second kappa shape index (κ2) is 7.97. The molecular formula is C20H26N2O2. The van der Waals surface area contributed by atoms with Gasteiger partial charge in [0.1, 0.15) is 5.75 Å². The van der Waals surface area contributed by atoms with Crippen LogP contribution in [0.3, 0.4) is 0 Å². The molecule has 0 aliphatic rings. The summed E-state index contributed by atoms with van der Waals surface area (Å²) in [6, 6.07) is 17.3. The van der Waals surface area contributed by atoms with Crippen molar-refractivity contribution in [2.24, 2.45) is 5.73 Å². The van der Waals surface area contributed by atoms with E-state index in [0.717, 1.165) is 5.56 Å². The largest absolute Gasteiger partial charge is 0.484 e. The molecule has 1 unspecified atom stereocenters. The number of benzene rings is 2. The molecule has 0 spiro atoms. The van der Waals surface area contributed by atoms with Gasteiger partial charge in [0.2, 0.25) is 0 Å². The summed E-state index contributed by atoms with van der Waals surface area (Å²) in [6.07, 6.45) is 0. The molecule has 4 heteroatoms. The number of hydrogen-bond acceptors (Lipinski definition) is 3. The van der Waals surface area contributed by atoms with E-state index in [0.29, 0.717) is 12.3 Å². The second-order valence-corrected chi connectivity index (χ2v) is 6.88. The van der Waals surface area contributed by atoms with Gasteiger partial charge < -0.3 is 15.8 Å². The van der Waals surface area contributed by atoms with Gasteiger partial charge in [-0.25, -0.2) is 0 Å². The first-order valence-corrected chi connectivity index (χ1v) is 8.17. The molecule has 0 bridgehead atoms. The molecule has 2 aromatic rings. The average Bonchev–Trinajstić information content (AvgIpc) is 2.58. The van der Waals surface area contributed by atoms with Crippen molar-refractivity contribution in [2.45, 2.75) is 32.2 Å². The number of hydrogen-bond donors (Lipinski definition) is 2. The van der Waals surface area contributed by atoms with Gasteiger partial charge in [0.25, 0.3) is 5.91 Å². The molecular weight excluding hydrogens is 300 g/mol. The quantitative estimate of drug-likeness (QED) is 0.857. The highest BCUT2D eigenvalue weighted by atomic mass is 16.5. The fraction of sp³-hybridized carbons (Fsp3) is 0.350. The summed E-state index contributed by atoms with van der Waals surface area (Å²) in [5.41, 5.74) is 8.38. The van der Waals surface area contributed by atoms with Crippen molar-refractivity contribution in [3.63, 3.8) is 0 Å². The molecule has 2 aromatic carbocycles. The lowest BCUT2D eigenvalue weighted by Crippen LogP contribution is -2.35. The van der Waals surface area contributed by atoms with E-state index in [9.17, 15) is 4.79 Å². The summed E-state index contributed by atoms with van der Waals surface area (Å²) < 4.78 is 5.52. The first-order chi connectivity index (χ1) is 11.4. The number of carbonyl (C=O) groups is 1. The van der Waals surface area contributed by atoms with Crippen molar-refractivity contribution < 1.29 is 9.53 Å². The van der Waals surface area contributed by atoms with Gasteiger partial charge in [0.15, 0.2) is 6.61 Å². The van der Waals surface area contributed by atoms with Crippen LogP contribution in [0, 0.1) is 0 Å². The molecule has 0 radical (unpaired) electrons. The normalized spacial score (nSPS) is 12.5. The minimum Gasteiger partial charge on any atom is -0.484 e. The van der Waals surface area contributed by atoms with E-state index < -0.39 is 0 Å². The minimum absolute atomic E-state index is 0.0175. The zero-order valence-electron chi connectivity index (χ0n) is 14.6. The van der Waals surface area contributed by atoms with E-state index in [2.05, 4.69) is 26.1 Å². The van der Waals surface area contributed by atoms with Gasteiger partial charge >= 0.3 is 0 Å². The Morgan fingerprint density at radius 1 is 1.08 bits per heavy atom. The van der Waals surface area contributed by atoms with Gasteiger partial charge in [-0.15, -0.1) is 0 Å². The van der Waals surface area contributed by atoms with Crippen molar-refractivity contribution in [1.82, 2.24) is 5.32 Å². The molecule has 4 nitrogen and oxygen atoms in total. The predicted molar refractivity (Wildman–Crippen MR) is 97.0 cm³/mol. The molecule has 3 N–H and O–H groups in total. The monoisotopic (exact) mass is 326 g/mol. The number of nitrogens with two attached hydrogens (primary N) is 1. The summed E-state index contributed by atoms with van der Waals surface area (Å²) in [6.45, 7) is 6.84. The van der Waals surface area contributed by atoms with Crippen molar-refractivity contribution >= 4 is 5.91 Å². The van der Waals surface area contributed by atoms with Crippen LogP contribution in [-0.4, -0.2) is 19.1 Å². The molecule has 0 aliphatic carbocycles. The Balaban J connectivity index is 1.77. The Hall–Kier alpha value is -2.33. The highest BCUT2D eigenvalue weighted by Gasteiger charge is 2.13. The number of amides is 1. The van der Waals surface area contributed by atoms with Gasteiger partial charge in [-0.3, -0.25) is 4.79 Å². The SMILES string of the molecule is CC(C)(C)c1ccc(OCC(=O)NCC(N)c2ccccc2)cc1. The van der Waals surface area contributed by atoms with Crippen molar-refractivity contribution in [2.75, 3.05) is 13.2 Å². The average molecular weight is 326 g/mol. The molecule has 0 aliphatic heterocycles. The predicted octanol–water partition coefficient (Wildman–Crippen LogP) is 3.18. The summed E-state index contributed by atoms with van der Waals surface area (Å²) >= 11 is 0. The summed E-state index contributed by atoms with van der Waals surface area (Å²) in [4.78, 5) is 11.9.